The highest BCUT2D eigenvalue weighted by atomic mass is 32.2. The van der Waals surface area contributed by atoms with Gasteiger partial charge in [-0.15, -0.1) is 0 Å². The first kappa shape index (κ1) is 21.6. The number of hydrogen-bond acceptors (Lipinski definition) is 6. The first-order chi connectivity index (χ1) is 14.7. The van der Waals surface area contributed by atoms with E-state index in [1.165, 1.54) is 21.2 Å². The van der Waals surface area contributed by atoms with Gasteiger partial charge in [-0.1, -0.05) is 41.6 Å². The van der Waals surface area contributed by atoms with E-state index in [4.69, 9.17) is 0 Å². The Labute approximate surface area is 185 Å². The molecule has 162 valence electrons. The number of para-hydroxylation sites is 1. The van der Waals surface area contributed by atoms with Crippen LogP contribution in [0.4, 0.5) is 0 Å². The van der Waals surface area contributed by atoms with E-state index in [1.54, 1.807) is 25.2 Å². The molecule has 0 radical (unpaired) electrons. The maximum Gasteiger partial charge on any atom is 0.266 e. The highest BCUT2D eigenvalue weighted by molar-refractivity contribution is 7.99. The van der Waals surface area contributed by atoms with Crippen LogP contribution in [0, 0.1) is 6.92 Å². The molecule has 0 aliphatic carbocycles. The van der Waals surface area contributed by atoms with E-state index < -0.39 is 9.84 Å². The molecule has 1 atom stereocenters. The second-order valence-corrected chi connectivity index (χ2v) is 10.9. The maximum atomic E-state index is 13.2. The molecule has 1 fully saturated rings. The molecule has 1 aliphatic rings. The Balaban J connectivity index is 1.65. The third-order valence-corrected chi connectivity index (χ3v) is 8.19. The van der Waals surface area contributed by atoms with Crippen LogP contribution in [-0.4, -0.2) is 59.1 Å². The fourth-order valence-corrected chi connectivity index (χ4v) is 6.35. The third kappa shape index (κ3) is 4.52. The zero-order chi connectivity index (χ0) is 22.2. The van der Waals surface area contributed by atoms with Gasteiger partial charge in [0, 0.05) is 13.1 Å². The lowest BCUT2D eigenvalue weighted by Crippen LogP contribution is -2.39. The van der Waals surface area contributed by atoms with Gasteiger partial charge in [0.15, 0.2) is 15.0 Å². The molecule has 2 aromatic carbocycles. The summed E-state index contributed by atoms with van der Waals surface area (Å²) in [7, 11) is -1.44. The van der Waals surface area contributed by atoms with Crippen molar-refractivity contribution in [3.05, 3.63) is 64.4 Å². The van der Waals surface area contributed by atoms with Gasteiger partial charge in [-0.05, 0) is 37.6 Å². The van der Waals surface area contributed by atoms with Crippen molar-refractivity contribution in [1.82, 2.24) is 14.5 Å². The first-order valence-corrected chi connectivity index (χ1v) is 12.7. The Morgan fingerprint density at radius 1 is 1.19 bits per heavy atom. The molecule has 4 rings (SSSR count). The average molecular weight is 458 g/mol. The second-order valence-electron chi connectivity index (χ2n) is 7.74. The largest absolute Gasteiger partial charge is 0.341 e. The molecule has 0 N–H and O–H groups in total. The van der Waals surface area contributed by atoms with E-state index in [9.17, 15) is 18.0 Å². The minimum atomic E-state index is -3.08. The van der Waals surface area contributed by atoms with Gasteiger partial charge in [0.2, 0.25) is 5.91 Å². The number of hydrogen-bond donors (Lipinski definition) is 0. The maximum absolute atomic E-state index is 13.2. The summed E-state index contributed by atoms with van der Waals surface area (Å²) in [6.07, 6.45) is 0.456. The minimum Gasteiger partial charge on any atom is -0.341 e. The Bertz CT molecular complexity index is 1300. The fourth-order valence-electron chi connectivity index (χ4n) is 3.64. The minimum absolute atomic E-state index is 0.00219. The molecule has 1 amide bonds. The van der Waals surface area contributed by atoms with Crippen LogP contribution in [0.3, 0.4) is 0 Å². The summed E-state index contributed by atoms with van der Waals surface area (Å²) in [5, 5.41) is 0.931. The lowest BCUT2D eigenvalue weighted by atomic mass is 10.2. The number of thioether (sulfide) groups is 1. The van der Waals surface area contributed by atoms with Crippen molar-refractivity contribution in [2.24, 2.45) is 0 Å². The molecule has 9 heteroatoms. The van der Waals surface area contributed by atoms with E-state index in [2.05, 4.69) is 4.98 Å². The van der Waals surface area contributed by atoms with Crippen LogP contribution in [0.25, 0.3) is 16.6 Å². The van der Waals surface area contributed by atoms with E-state index in [0.717, 1.165) is 5.56 Å². The third-order valence-electron chi connectivity index (χ3n) is 5.51. The Morgan fingerprint density at radius 3 is 2.58 bits per heavy atom. The molecule has 7 nitrogen and oxygen atoms in total. The summed E-state index contributed by atoms with van der Waals surface area (Å²) in [5.41, 5.74) is 2.13. The van der Waals surface area contributed by atoms with Gasteiger partial charge in [0.1, 0.15) is 0 Å². The number of benzene rings is 2. The Morgan fingerprint density at radius 2 is 1.90 bits per heavy atom. The van der Waals surface area contributed by atoms with Gasteiger partial charge in [-0.25, -0.2) is 13.4 Å². The first-order valence-electron chi connectivity index (χ1n) is 9.93. The molecule has 1 saturated heterocycles. The number of nitrogens with zero attached hydrogens (tertiary/aromatic N) is 3. The fraction of sp³-hybridized carbons (Fsp3) is 0.318. The smallest absolute Gasteiger partial charge is 0.266 e. The van der Waals surface area contributed by atoms with Crippen molar-refractivity contribution >= 4 is 38.4 Å². The summed E-state index contributed by atoms with van der Waals surface area (Å²) in [5.74, 6) is -0.0157. The van der Waals surface area contributed by atoms with Crippen LogP contribution >= 0.6 is 11.8 Å². The van der Waals surface area contributed by atoms with E-state index >= 15 is 0 Å². The number of amides is 1. The summed E-state index contributed by atoms with van der Waals surface area (Å²) < 4.78 is 25.0. The van der Waals surface area contributed by atoms with Gasteiger partial charge in [-0.3, -0.25) is 14.2 Å². The number of carbonyl (C=O) groups is 1. The lowest BCUT2D eigenvalue weighted by Gasteiger charge is -2.23. The highest BCUT2D eigenvalue weighted by Crippen LogP contribution is 2.23. The van der Waals surface area contributed by atoms with Crippen molar-refractivity contribution in [3.63, 3.8) is 0 Å². The van der Waals surface area contributed by atoms with Gasteiger partial charge < -0.3 is 4.90 Å². The Hall–Kier alpha value is -2.65. The number of fused-ring (bicyclic) bond motifs is 1. The zero-order valence-electron chi connectivity index (χ0n) is 17.3. The van der Waals surface area contributed by atoms with Gasteiger partial charge >= 0.3 is 0 Å². The molecule has 1 aromatic heterocycles. The summed E-state index contributed by atoms with van der Waals surface area (Å²) in [4.78, 5) is 32.1. The van der Waals surface area contributed by atoms with Crippen LogP contribution in [0.15, 0.2) is 58.5 Å². The molecular formula is C22H23N3O4S2. The molecule has 1 aliphatic heterocycles. The van der Waals surface area contributed by atoms with Gasteiger partial charge in [0.05, 0.1) is 33.8 Å². The van der Waals surface area contributed by atoms with Crippen molar-refractivity contribution < 1.29 is 13.2 Å². The van der Waals surface area contributed by atoms with E-state index in [0.29, 0.717) is 28.2 Å². The molecular weight excluding hydrogens is 434 g/mol. The van der Waals surface area contributed by atoms with Crippen molar-refractivity contribution in [2.45, 2.75) is 24.5 Å². The highest BCUT2D eigenvalue weighted by Gasteiger charge is 2.32. The van der Waals surface area contributed by atoms with Crippen molar-refractivity contribution in [1.29, 1.82) is 0 Å². The number of rotatable bonds is 5. The number of sulfone groups is 1. The van der Waals surface area contributed by atoms with Gasteiger partial charge in [0.25, 0.3) is 5.56 Å². The summed E-state index contributed by atoms with van der Waals surface area (Å²) in [6, 6.07) is 14.4. The van der Waals surface area contributed by atoms with Crippen LogP contribution in [0.5, 0.6) is 0 Å². The molecule has 2 heterocycles. The van der Waals surface area contributed by atoms with E-state index in [1.807, 2.05) is 37.3 Å². The molecule has 0 spiro atoms. The number of carbonyl (C=O) groups excluding carboxylic acids is 1. The van der Waals surface area contributed by atoms with Crippen LogP contribution in [0.2, 0.25) is 0 Å². The molecule has 3 aromatic rings. The summed E-state index contributed by atoms with van der Waals surface area (Å²) >= 11 is 1.18. The van der Waals surface area contributed by atoms with Crippen LogP contribution in [0.1, 0.15) is 12.0 Å². The van der Waals surface area contributed by atoms with Crippen LogP contribution in [-0.2, 0) is 14.6 Å². The predicted molar refractivity (Wildman–Crippen MR) is 123 cm³/mol. The monoisotopic (exact) mass is 457 g/mol. The quantitative estimate of drug-likeness (QED) is 0.432. The van der Waals surface area contributed by atoms with Crippen molar-refractivity contribution in [2.75, 3.05) is 24.3 Å². The zero-order valence-corrected chi connectivity index (χ0v) is 18.9. The Kier molecular flexibility index (Phi) is 5.90. The molecule has 0 bridgehead atoms. The van der Waals surface area contributed by atoms with E-state index in [-0.39, 0.29) is 34.8 Å². The number of aryl methyl sites for hydroxylation is 1. The topological polar surface area (TPSA) is 89.3 Å². The van der Waals surface area contributed by atoms with Crippen LogP contribution < -0.4 is 5.56 Å². The lowest BCUT2D eigenvalue weighted by molar-refractivity contribution is -0.128. The molecule has 0 unspecified atom stereocenters. The summed E-state index contributed by atoms with van der Waals surface area (Å²) in [6.45, 7) is 1.97. The number of aromatic nitrogens is 2. The molecule has 0 saturated carbocycles. The van der Waals surface area contributed by atoms with Gasteiger partial charge in [-0.2, -0.15) is 0 Å². The second kappa shape index (κ2) is 8.47. The SMILES string of the molecule is Cc1ccc(-n2c(SCC(=O)N(C)[C@H]3CCS(=O)(=O)C3)nc3ccccc3c2=O)cc1. The average Bonchev–Trinajstić information content (AvgIpc) is 3.12. The van der Waals surface area contributed by atoms with Crippen molar-refractivity contribution in [3.8, 4) is 5.69 Å². The normalized spacial score (nSPS) is 17.7. The standard InChI is InChI=1S/C22H23N3O4S2/c1-15-7-9-16(10-8-15)25-21(27)18-5-3-4-6-19(18)23-22(25)30-13-20(26)24(2)17-11-12-31(28,29)14-17/h3-10,17H,11-14H2,1-2H3/t17-/m0/s1. The predicted octanol–water partition coefficient (Wildman–Crippen LogP) is 2.43. The molecule has 31 heavy (non-hydrogen) atoms.